The van der Waals surface area contributed by atoms with Crippen LogP contribution in [-0.2, 0) is 0 Å². The van der Waals surface area contributed by atoms with Crippen molar-refractivity contribution in [2.75, 3.05) is 38.3 Å². The monoisotopic (exact) mass is 267 g/mol. The standard InChI is InChI=1S/C13H25N5O/c1-6-7-19-12-10(14)11(16-9-17-12)15-8-13(2,3)18(4)5/h9H,6-8,14H2,1-5H3,(H,15,16,17). The Morgan fingerprint density at radius 2 is 2.05 bits per heavy atom. The van der Waals surface area contributed by atoms with Crippen LogP contribution in [0.15, 0.2) is 6.33 Å². The minimum Gasteiger partial charge on any atom is -0.476 e. The van der Waals surface area contributed by atoms with Gasteiger partial charge in [0.05, 0.1) is 6.61 Å². The van der Waals surface area contributed by atoms with Gasteiger partial charge < -0.3 is 20.7 Å². The first kappa shape index (κ1) is 15.5. The molecule has 0 aromatic carbocycles. The number of nitrogens with two attached hydrogens (primary N) is 1. The van der Waals surface area contributed by atoms with E-state index in [1.807, 2.05) is 21.0 Å². The lowest BCUT2D eigenvalue weighted by atomic mass is 10.0. The lowest BCUT2D eigenvalue weighted by Gasteiger charge is -2.32. The van der Waals surface area contributed by atoms with Crippen LogP contribution in [0.5, 0.6) is 5.88 Å². The molecule has 0 atom stereocenters. The maximum Gasteiger partial charge on any atom is 0.242 e. The van der Waals surface area contributed by atoms with Crippen molar-refractivity contribution < 1.29 is 4.74 Å². The zero-order valence-corrected chi connectivity index (χ0v) is 12.5. The van der Waals surface area contributed by atoms with Crippen molar-refractivity contribution in [3.05, 3.63) is 6.33 Å². The number of nitrogens with zero attached hydrogens (tertiary/aromatic N) is 3. The van der Waals surface area contributed by atoms with Crippen molar-refractivity contribution in [3.63, 3.8) is 0 Å². The molecule has 0 unspecified atom stereocenters. The summed E-state index contributed by atoms with van der Waals surface area (Å²) in [4.78, 5) is 10.4. The van der Waals surface area contributed by atoms with E-state index >= 15 is 0 Å². The van der Waals surface area contributed by atoms with Crippen LogP contribution in [0.25, 0.3) is 0 Å². The highest BCUT2D eigenvalue weighted by molar-refractivity contribution is 5.66. The normalized spacial score (nSPS) is 11.7. The van der Waals surface area contributed by atoms with Gasteiger partial charge in [-0.1, -0.05) is 6.92 Å². The number of anilines is 2. The first-order valence-corrected chi connectivity index (χ1v) is 6.53. The Morgan fingerprint density at radius 1 is 1.37 bits per heavy atom. The molecular weight excluding hydrogens is 242 g/mol. The average Bonchev–Trinajstić information content (AvgIpc) is 2.36. The first-order valence-electron chi connectivity index (χ1n) is 6.53. The summed E-state index contributed by atoms with van der Waals surface area (Å²) in [5.74, 6) is 1.07. The molecule has 0 saturated heterocycles. The molecule has 0 fully saturated rings. The Bertz CT molecular complexity index is 406. The molecule has 0 radical (unpaired) electrons. The van der Waals surface area contributed by atoms with E-state index in [0.29, 0.717) is 24.0 Å². The predicted octanol–water partition coefficient (Wildman–Crippen LogP) is 1.60. The van der Waals surface area contributed by atoms with E-state index in [9.17, 15) is 0 Å². The molecular formula is C13H25N5O. The van der Waals surface area contributed by atoms with Crippen LogP contribution in [0, 0.1) is 0 Å². The largest absolute Gasteiger partial charge is 0.476 e. The highest BCUT2D eigenvalue weighted by atomic mass is 16.5. The molecule has 3 N–H and O–H groups in total. The highest BCUT2D eigenvalue weighted by Crippen LogP contribution is 2.25. The number of nitrogens with one attached hydrogen (secondary N) is 1. The second kappa shape index (κ2) is 6.56. The number of aromatic nitrogens is 2. The molecule has 1 rings (SSSR count). The molecule has 0 saturated carbocycles. The minimum atomic E-state index is 0.00181. The minimum absolute atomic E-state index is 0.00181. The van der Waals surface area contributed by atoms with Crippen LogP contribution in [0.3, 0.4) is 0 Å². The maximum absolute atomic E-state index is 6.00. The third kappa shape index (κ3) is 4.24. The summed E-state index contributed by atoms with van der Waals surface area (Å²) in [5, 5.41) is 3.25. The van der Waals surface area contributed by atoms with Crippen LogP contribution in [-0.4, -0.2) is 47.7 Å². The maximum atomic E-state index is 6.00. The number of likely N-dealkylation sites (N-methyl/N-ethyl adjacent to an activating group) is 1. The van der Waals surface area contributed by atoms with Crippen LogP contribution in [0.4, 0.5) is 11.5 Å². The molecule has 6 nitrogen and oxygen atoms in total. The summed E-state index contributed by atoms with van der Waals surface area (Å²) >= 11 is 0. The highest BCUT2D eigenvalue weighted by Gasteiger charge is 2.21. The van der Waals surface area contributed by atoms with Crippen molar-refractivity contribution in [2.45, 2.75) is 32.7 Å². The zero-order chi connectivity index (χ0) is 14.5. The molecule has 0 bridgehead atoms. The summed E-state index contributed by atoms with van der Waals surface area (Å²) in [5.41, 5.74) is 6.47. The zero-order valence-electron chi connectivity index (χ0n) is 12.5. The van der Waals surface area contributed by atoms with Gasteiger partial charge in [-0.05, 0) is 34.4 Å². The van der Waals surface area contributed by atoms with Gasteiger partial charge in [0.25, 0.3) is 0 Å². The lowest BCUT2D eigenvalue weighted by molar-refractivity contribution is 0.210. The van der Waals surface area contributed by atoms with E-state index in [4.69, 9.17) is 10.5 Å². The Labute approximate surface area is 115 Å². The summed E-state index contributed by atoms with van der Waals surface area (Å²) in [6, 6.07) is 0. The van der Waals surface area contributed by atoms with Gasteiger partial charge in [0.2, 0.25) is 5.88 Å². The Morgan fingerprint density at radius 3 is 2.63 bits per heavy atom. The summed E-state index contributed by atoms with van der Waals surface area (Å²) < 4.78 is 5.48. The van der Waals surface area contributed by atoms with Crippen LogP contribution < -0.4 is 15.8 Å². The van der Waals surface area contributed by atoms with E-state index in [0.717, 1.165) is 13.0 Å². The summed E-state index contributed by atoms with van der Waals surface area (Å²) in [7, 11) is 4.08. The van der Waals surface area contributed by atoms with Crippen LogP contribution in [0.1, 0.15) is 27.2 Å². The molecule has 0 amide bonds. The van der Waals surface area contributed by atoms with E-state index in [1.54, 1.807) is 0 Å². The fourth-order valence-corrected chi connectivity index (χ4v) is 1.29. The van der Waals surface area contributed by atoms with Gasteiger partial charge in [-0.2, -0.15) is 4.98 Å². The summed E-state index contributed by atoms with van der Waals surface area (Å²) in [6.45, 7) is 7.66. The second-order valence-electron chi connectivity index (χ2n) is 5.35. The quantitative estimate of drug-likeness (QED) is 0.781. The Kier molecular flexibility index (Phi) is 5.35. The Hall–Kier alpha value is -1.56. The van der Waals surface area contributed by atoms with Gasteiger partial charge >= 0.3 is 0 Å². The smallest absolute Gasteiger partial charge is 0.242 e. The van der Waals surface area contributed by atoms with Crippen molar-refractivity contribution in [3.8, 4) is 5.88 Å². The molecule has 108 valence electrons. The number of ether oxygens (including phenoxy) is 1. The second-order valence-corrected chi connectivity index (χ2v) is 5.35. The molecule has 0 aliphatic rings. The van der Waals surface area contributed by atoms with Crippen molar-refractivity contribution in [1.29, 1.82) is 0 Å². The fourth-order valence-electron chi connectivity index (χ4n) is 1.29. The molecule has 19 heavy (non-hydrogen) atoms. The summed E-state index contributed by atoms with van der Waals surface area (Å²) in [6.07, 6.45) is 2.38. The molecule has 1 aromatic rings. The van der Waals surface area contributed by atoms with Crippen LogP contribution in [0.2, 0.25) is 0 Å². The lowest BCUT2D eigenvalue weighted by Crippen LogP contribution is -2.44. The third-order valence-electron chi connectivity index (χ3n) is 3.19. The molecule has 6 heteroatoms. The van der Waals surface area contributed by atoms with Gasteiger partial charge in [-0.3, -0.25) is 0 Å². The topological polar surface area (TPSA) is 76.3 Å². The first-order chi connectivity index (χ1) is 8.88. The molecule has 0 spiro atoms. The van der Waals surface area contributed by atoms with E-state index < -0.39 is 0 Å². The van der Waals surface area contributed by atoms with E-state index in [1.165, 1.54) is 6.33 Å². The van der Waals surface area contributed by atoms with Gasteiger partial charge in [0.15, 0.2) is 5.82 Å². The molecule has 1 aromatic heterocycles. The number of hydrogen-bond acceptors (Lipinski definition) is 6. The number of hydrogen-bond donors (Lipinski definition) is 2. The molecule has 0 aliphatic heterocycles. The number of nitrogen functional groups attached to an aromatic ring is 1. The van der Waals surface area contributed by atoms with Gasteiger partial charge in [0.1, 0.15) is 12.0 Å². The average molecular weight is 267 g/mol. The predicted molar refractivity (Wildman–Crippen MR) is 78.5 cm³/mol. The van der Waals surface area contributed by atoms with Gasteiger partial charge in [-0.25, -0.2) is 4.98 Å². The molecule has 1 heterocycles. The SMILES string of the molecule is CCCOc1ncnc(NCC(C)(C)N(C)C)c1N. The van der Waals surface area contributed by atoms with Crippen molar-refractivity contribution in [2.24, 2.45) is 0 Å². The van der Waals surface area contributed by atoms with Gasteiger partial charge in [0, 0.05) is 12.1 Å². The van der Waals surface area contributed by atoms with Crippen LogP contribution >= 0.6 is 0 Å². The van der Waals surface area contributed by atoms with E-state index in [2.05, 4.69) is 34.0 Å². The Balaban J connectivity index is 2.74. The van der Waals surface area contributed by atoms with Crippen molar-refractivity contribution >= 4 is 11.5 Å². The fraction of sp³-hybridized carbons (Fsp3) is 0.692. The van der Waals surface area contributed by atoms with Gasteiger partial charge in [-0.15, -0.1) is 0 Å². The third-order valence-corrected chi connectivity index (χ3v) is 3.19. The molecule has 0 aliphatic carbocycles. The number of rotatable bonds is 7. The van der Waals surface area contributed by atoms with E-state index in [-0.39, 0.29) is 5.54 Å². The van der Waals surface area contributed by atoms with Crippen molar-refractivity contribution in [1.82, 2.24) is 14.9 Å².